The number of carbonyl (C=O) groups excluding carboxylic acids is 4. The van der Waals surface area contributed by atoms with Crippen LogP contribution in [0, 0.1) is 0 Å². The van der Waals surface area contributed by atoms with Crippen LogP contribution in [0.5, 0.6) is 5.75 Å². The quantitative estimate of drug-likeness (QED) is 0.306. The number of amides is 3. The van der Waals surface area contributed by atoms with E-state index in [2.05, 4.69) is 16.0 Å². The number of benzene rings is 1. The molecule has 37 heavy (non-hydrogen) atoms. The van der Waals surface area contributed by atoms with Crippen molar-refractivity contribution < 1.29 is 33.4 Å². The standard InChI is InChI=1S/C26H38N4O7/c1-5-20(23(32)26(3)16-37-26)28-25(34)21(14-18-6-8-19(35-4)9-7-18)29-24(33)17(2)27-22(31)15-30-10-12-36-13-11-30/h6-9,17,20-21H,5,10-16H2,1-4H3,(H,27,31)(H,28,34)(H,29,33). The topological polar surface area (TPSA) is 139 Å². The van der Waals surface area contributed by atoms with Crippen molar-refractivity contribution in [1.82, 2.24) is 20.9 Å². The average Bonchev–Trinajstić information content (AvgIpc) is 3.65. The van der Waals surface area contributed by atoms with Crippen molar-refractivity contribution in [2.45, 2.75) is 57.3 Å². The molecule has 11 heteroatoms. The number of Topliss-reactive ketones (excluding diaryl/α,β-unsaturated/α-hetero) is 1. The number of ether oxygens (including phenoxy) is 3. The molecule has 2 heterocycles. The molecule has 204 valence electrons. The normalized spacial score (nSPS) is 21.7. The number of morpholine rings is 1. The fourth-order valence-electron chi connectivity index (χ4n) is 4.06. The van der Waals surface area contributed by atoms with E-state index in [0.717, 1.165) is 5.56 Å². The maximum Gasteiger partial charge on any atom is 0.243 e. The maximum atomic E-state index is 13.3. The zero-order valence-corrected chi connectivity index (χ0v) is 22.0. The molecule has 1 aromatic carbocycles. The minimum Gasteiger partial charge on any atom is -0.497 e. The highest BCUT2D eigenvalue weighted by molar-refractivity contribution is 5.98. The van der Waals surface area contributed by atoms with Gasteiger partial charge in [0.15, 0.2) is 5.78 Å². The summed E-state index contributed by atoms with van der Waals surface area (Å²) in [6, 6.07) is 4.59. The molecular weight excluding hydrogens is 480 g/mol. The van der Waals surface area contributed by atoms with Crippen molar-refractivity contribution in [2.75, 3.05) is 46.6 Å². The van der Waals surface area contributed by atoms with Gasteiger partial charge in [-0.1, -0.05) is 19.1 Å². The SMILES string of the molecule is CCC(NC(=O)C(Cc1ccc(OC)cc1)NC(=O)C(C)NC(=O)CN1CCOCC1)C(=O)C1(C)CO1. The molecule has 0 aliphatic carbocycles. The summed E-state index contributed by atoms with van der Waals surface area (Å²) in [6.45, 7) is 8.00. The number of nitrogens with zero attached hydrogens (tertiary/aromatic N) is 1. The molecule has 2 fully saturated rings. The van der Waals surface area contributed by atoms with Crippen LogP contribution in [-0.2, 0) is 35.1 Å². The van der Waals surface area contributed by atoms with Crippen LogP contribution in [0.25, 0.3) is 0 Å². The number of carbonyl (C=O) groups is 4. The van der Waals surface area contributed by atoms with Crippen LogP contribution < -0.4 is 20.7 Å². The molecule has 2 saturated heterocycles. The van der Waals surface area contributed by atoms with Crippen molar-refractivity contribution in [3.05, 3.63) is 29.8 Å². The second kappa shape index (κ2) is 13.0. The van der Waals surface area contributed by atoms with Gasteiger partial charge in [0.25, 0.3) is 0 Å². The first-order valence-corrected chi connectivity index (χ1v) is 12.7. The van der Waals surface area contributed by atoms with E-state index in [1.807, 2.05) is 4.90 Å². The minimum absolute atomic E-state index is 0.165. The van der Waals surface area contributed by atoms with Crippen molar-refractivity contribution in [3.63, 3.8) is 0 Å². The predicted molar refractivity (Wildman–Crippen MR) is 135 cm³/mol. The first-order chi connectivity index (χ1) is 17.6. The number of methoxy groups -OCH3 is 1. The molecule has 3 N–H and O–H groups in total. The summed E-state index contributed by atoms with van der Waals surface area (Å²) < 4.78 is 15.7. The number of hydrogen-bond donors (Lipinski definition) is 3. The summed E-state index contributed by atoms with van der Waals surface area (Å²) in [6.07, 6.45) is 0.579. The van der Waals surface area contributed by atoms with Crippen LogP contribution in [0.4, 0.5) is 0 Å². The number of epoxide rings is 1. The Morgan fingerprint density at radius 3 is 2.22 bits per heavy atom. The van der Waals surface area contributed by atoms with Gasteiger partial charge in [0, 0.05) is 19.5 Å². The lowest BCUT2D eigenvalue weighted by atomic mass is 9.97. The Labute approximate surface area is 217 Å². The Kier molecular flexibility index (Phi) is 10.0. The zero-order valence-electron chi connectivity index (χ0n) is 22.0. The Morgan fingerprint density at radius 2 is 1.65 bits per heavy atom. The summed E-state index contributed by atoms with van der Waals surface area (Å²) >= 11 is 0. The second-order valence-electron chi connectivity index (χ2n) is 9.64. The van der Waals surface area contributed by atoms with Gasteiger partial charge in [0.2, 0.25) is 17.7 Å². The molecule has 0 saturated carbocycles. The number of ketones is 1. The van der Waals surface area contributed by atoms with E-state index in [-0.39, 0.29) is 24.7 Å². The van der Waals surface area contributed by atoms with E-state index >= 15 is 0 Å². The molecule has 0 radical (unpaired) electrons. The van der Waals surface area contributed by atoms with Gasteiger partial charge in [-0.05, 0) is 38.0 Å². The Morgan fingerprint density at radius 1 is 1.03 bits per heavy atom. The van der Waals surface area contributed by atoms with Crippen LogP contribution in [0.1, 0.15) is 32.8 Å². The molecule has 0 bridgehead atoms. The molecule has 0 spiro atoms. The molecule has 2 aliphatic heterocycles. The van der Waals surface area contributed by atoms with Crippen molar-refractivity contribution in [1.29, 1.82) is 0 Å². The average molecular weight is 519 g/mol. The minimum atomic E-state index is -0.964. The fraction of sp³-hybridized carbons (Fsp3) is 0.615. The molecular formula is C26H38N4O7. The molecule has 0 aromatic heterocycles. The highest BCUT2D eigenvalue weighted by Gasteiger charge is 2.49. The van der Waals surface area contributed by atoms with Crippen molar-refractivity contribution >= 4 is 23.5 Å². The smallest absolute Gasteiger partial charge is 0.243 e. The lowest BCUT2D eigenvalue weighted by Crippen LogP contribution is -2.57. The highest BCUT2D eigenvalue weighted by Crippen LogP contribution is 2.28. The van der Waals surface area contributed by atoms with Crippen molar-refractivity contribution in [2.24, 2.45) is 0 Å². The second-order valence-corrected chi connectivity index (χ2v) is 9.64. The van der Waals surface area contributed by atoms with Gasteiger partial charge in [-0.25, -0.2) is 0 Å². The molecule has 11 nitrogen and oxygen atoms in total. The molecule has 4 atom stereocenters. The van der Waals surface area contributed by atoms with Crippen LogP contribution in [0.15, 0.2) is 24.3 Å². The largest absolute Gasteiger partial charge is 0.497 e. The fourth-order valence-corrected chi connectivity index (χ4v) is 4.06. The van der Waals surface area contributed by atoms with Gasteiger partial charge in [0.05, 0.1) is 39.5 Å². The third-order valence-electron chi connectivity index (χ3n) is 6.61. The highest BCUT2D eigenvalue weighted by atomic mass is 16.6. The van der Waals surface area contributed by atoms with E-state index in [1.54, 1.807) is 52.1 Å². The van der Waals surface area contributed by atoms with E-state index in [0.29, 0.717) is 45.1 Å². The summed E-state index contributed by atoms with van der Waals surface area (Å²) in [7, 11) is 1.56. The molecule has 4 unspecified atom stereocenters. The third-order valence-corrected chi connectivity index (χ3v) is 6.61. The summed E-state index contributed by atoms with van der Waals surface area (Å²) in [5.74, 6) is -0.794. The van der Waals surface area contributed by atoms with Crippen LogP contribution >= 0.6 is 0 Å². The van der Waals surface area contributed by atoms with Crippen LogP contribution in [0.3, 0.4) is 0 Å². The number of hydrogen-bond acceptors (Lipinski definition) is 8. The monoisotopic (exact) mass is 518 g/mol. The summed E-state index contributed by atoms with van der Waals surface area (Å²) in [5, 5.41) is 8.23. The maximum absolute atomic E-state index is 13.3. The lowest BCUT2D eigenvalue weighted by Gasteiger charge is -2.27. The Balaban J connectivity index is 1.65. The summed E-state index contributed by atoms with van der Waals surface area (Å²) in [4.78, 5) is 53.4. The molecule has 1 aromatic rings. The Bertz CT molecular complexity index is 958. The third kappa shape index (κ3) is 8.24. The van der Waals surface area contributed by atoms with E-state index < -0.39 is 35.5 Å². The van der Waals surface area contributed by atoms with Crippen LogP contribution in [-0.4, -0.2) is 98.7 Å². The van der Waals surface area contributed by atoms with Gasteiger partial charge < -0.3 is 30.2 Å². The number of rotatable bonds is 13. The van der Waals surface area contributed by atoms with Gasteiger partial charge in [0.1, 0.15) is 23.4 Å². The number of nitrogens with one attached hydrogen (secondary N) is 3. The summed E-state index contributed by atoms with van der Waals surface area (Å²) in [5.41, 5.74) is -0.0794. The van der Waals surface area contributed by atoms with Crippen molar-refractivity contribution in [3.8, 4) is 5.75 Å². The van der Waals surface area contributed by atoms with Gasteiger partial charge in [-0.3, -0.25) is 24.1 Å². The van der Waals surface area contributed by atoms with Gasteiger partial charge >= 0.3 is 0 Å². The molecule has 3 amide bonds. The zero-order chi connectivity index (χ0) is 27.0. The molecule has 3 rings (SSSR count). The van der Waals surface area contributed by atoms with E-state index in [4.69, 9.17) is 14.2 Å². The first kappa shape index (κ1) is 28.5. The predicted octanol–water partition coefficient (Wildman–Crippen LogP) is -0.188. The lowest BCUT2D eigenvalue weighted by molar-refractivity contribution is -0.134. The van der Waals surface area contributed by atoms with Gasteiger partial charge in [-0.2, -0.15) is 0 Å². The first-order valence-electron chi connectivity index (χ1n) is 12.7. The van der Waals surface area contributed by atoms with E-state index in [1.165, 1.54) is 0 Å². The van der Waals surface area contributed by atoms with Gasteiger partial charge in [-0.15, -0.1) is 0 Å². The molecule has 2 aliphatic rings. The van der Waals surface area contributed by atoms with E-state index in [9.17, 15) is 19.2 Å². The van der Waals surface area contributed by atoms with Crippen LogP contribution in [0.2, 0.25) is 0 Å². The Hall–Kier alpha value is -3.02.